The standard InChI is InChI=1S/C18H18F2N2O3/c1-11-5-3-4-6-13(11)16(25-2)10-21-17(23)18(24)22-15-8-7-12(19)9-14(15)20/h3-9,16H,10H2,1-2H3,(H,21,23)(H,22,24). The van der Waals surface area contributed by atoms with Crippen LogP contribution in [0.25, 0.3) is 0 Å². The van der Waals surface area contributed by atoms with E-state index in [-0.39, 0.29) is 12.2 Å². The first kappa shape index (κ1) is 18.5. The van der Waals surface area contributed by atoms with Gasteiger partial charge in [-0.3, -0.25) is 9.59 Å². The highest BCUT2D eigenvalue weighted by Crippen LogP contribution is 2.19. The summed E-state index contributed by atoms with van der Waals surface area (Å²) in [5.41, 5.74) is 1.60. The number of hydrogen-bond donors (Lipinski definition) is 2. The number of hydrogen-bond acceptors (Lipinski definition) is 3. The largest absolute Gasteiger partial charge is 0.375 e. The van der Waals surface area contributed by atoms with Crippen LogP contribution in [0.2, 0.25) is 0 Å². The fourth-order valence-corrected chi connectivity index (χ4v) is 2.30. The van der Waals surface area contributed by atoms with Gasteiger partial charge in [-0.1, -0.05) is 24.3 Å². The first-order valence-electron chi connectivity index (χ1n) is 7.55. The Kier molecular flexibility index (Phi) is 6.19. The van der Waals surface area contributed by atoms with Gasteiger partial charge in [-0.15, -0.1) is 0 Å². The molecule has 0 bridgehead atoms. The van der Waals surface area contributed by atoms with E-state index in [1.807, 2.05) is 31.2 Å². The van der Waals surface area contributed by atoms with Crippen LogP contribution in [0.5, 0.6) is 0 Å². The third-order valence-electron chi connectivity index (χ3n) is 3.65. The van der Waals surface area contributed by atoms with Crippen LogP contribution in [-0.2, 0) is 14.3 Å². The Labute approximate surface area is 144 Å². The van der Waals surface area contributed by atoms with Crippen LogP contribution in [0.1, 0.15) is 17.2 Å². The average Bonchev–Trinajstić information content (AvgIpc) is 2.59. The summed E-state index contributed by atoms with van der Waals surface area (Å²) in [5.74, 6) is -3.73. The van der Waals surface area contributed by atoms with E-state index in [0.29, 0.717) is 6.07 Å². The van der Waals surface area contributed by atoms with Crippen molar-refractivity contribution in [1.82, 2.24) is 5.32 Å². The van der Waals surface area contributed by atoms with Gasteiger partial charge >= 0.3 is 11.8 Å². The van der Waals surface area contributed by atoms with E-state index in [1.54, 1.807) is 0 Å². The topological polar surface area (TPSA) is 67.4 Å². The van der Waals surface area contributed by atoms with Crippen molar-refractivity contribution in [1.29, 1.82) is 0 Å². The number of methoxy groups -OCH3 is 1. The highest BCUT2D eigenvalue weighted by molar-refractivity contribution is 6.39. The molecular formula is C18H18F2N2O3. The summed E-state index contributed by atoms with van der Waals surface area (Å²) < 4.78 is 31.7. The summed E-state index contributed by atoms with van der Waals surface area (Å²) in [6, 6.07) is 10.1. The molecule has 0 radical (unpaired) electrons. The molecule has 2 rings (SSSR count). The van der Waals surface area contributed by atoms with Crippen molar-refractivity contribution in [3.8, 4) is 0 Å². The number of anilines is 1. The molecule has 25 heavy (non-hydrogen) atoms. The van der Waals surface area contributed by atoms with Crippen LogP contribution in [-0.4, -0.2) is 25.5 Å². The molecule has 0 aliphatic heterocycles. The average molecular weight is 348 g/mol. The predicted molar refractivity (Wildman–Crippen MR) is 88.9 cm³/mol. The van der Waals surface area contributed by atoms with Crippen molar-refractivity contribution in [2.45, 2.75) is 13.0 Å². The number of carbonyl (C=O) groups is 2. The Bertz CT molecular complexity index is 781. The number of benzene rings is 2. The van der Waals surface area contributed by atoms with Crippen LogP contribution in [0.3, 0.4) is 0 Å². The zero-order valence-corrected chi connectivity index (χ0v) is 13.8. The van der Waals surface area contributed by atoms with Crippen LogP contribution in [0.15, 0.2) is 42.5 Å². The molecule has 2 aromatic carbocycles. The van der Waals surface area contributed by atoms with Gasteiger partial charge in [0.15, 0.2) is 0 Å². The van der Waals surface area contributed by atoms with Crippen LogP contribution in [0, 0.1) is 18.6 Å². The van der Waals surface area contributed by atoms with Gasteiger partial charge < -0.3 is 15.4 Å². The third kappa shape index (κ3) is 4.84. The second-order valence-corrected chi connectivity index (χ2v) is 5.37. The van der Waals surface area contributed by atoms with E-state index in [2.05, 4.69) is 10.6 Å². The smallest absolute Gasteiger partial charge is 0.313 e. The third-order valence-corrected chi connectivity index (χ3v) is 3.65. The van der Waals surface area contributed by atoms with Gasteiger partial charge in [0.1, 0.15) is 11.6 Å². The van der Waals surface area contributed by atoms with Gasteiger partial charge in [-0.25, -0.2) is 8.78 Å². The minimum Gasteiger partial charge on any atom is -0.375 e. The maximum Gasteiger partial charge on any atom is 0.313 e. The molecule has 0 spiro atoms. The van der Waals surface area contributed by atoms with Crippen molar-refractivity contribution in [2.24, 2.45) is 0 Å². The van der Waals surface area contributed by atoms with E-state index >= 15 is 0 Å². The Morgan fingerprint density at radius 3 is 2.48 bits per heavy atom. The first-order valence-corrected chi connectivity index (χ1v) is 7.55. The Balaban J connectivity index is 1.96. The Morgan fingerprint density at radius 1 is 1.12 bits per heavy atom. The quantitative estimate of drug-likeness (QED) is 0.817. The van der Waals surface area contributed by atoms with Crippen molar-refractivity contribution < 1.29 is 23.1 Å². The van der Waals surface area contributed by atoms with Crippen molar-refractivity contribution in [3.05, 3.63) is 65.2 Å². The Morgan fingerprint density at radius 2 is 1.84 bits per heavy atom. The van der Waals surface area contributed by atoms with Gasteiger partial charge in [-0.2, -0.15) is 0 Å². The molecule has 2 N–H and O–H groups in total. The molecule has 1 atom stereocenters. The number of halogens is 2. The van der Waals surface area contributed by atoms with Crippen molar-refractivity contribution >= 4 is 17.5 Å². The lowest BCUT2D eigenvalue weighted by atomic mass is 10.0. The molecule has 0 saturated heterocycles. The molecule has 0 aromatic heterocycles. The van der Waals surface area contributed by atoms with Gasteiger partial charge in [0.25, 0.3) is 0 Å². The maximum atomic E-state index is 13.5. The van der Waals surface area contributed by atoms with Crippen LogP contribution < -0.4 is 10.6 Å². The second kappa shape index (κ2) is 8.34. The van der Waals surface area contributed by atoms with E-state index in [0.717, 1.165) is 23.3 Å². The first-order chi connectivity index (χ1) is 11.9. The molecule has 1 unspecified atom stereocenters. The molecule has 0 heterocycles. The van der Waals surface area contributed by atoms with Gasteiger partial charge in [0.05, 0.1) is 11.8 Å². The normalized spacial score (nSPS) is 11.7. The number of amides is 2. The molecule has 2 aromatic rings. The van der Waals surface area contributed by atoms with Gasteiger partial charge in [0.2, 0.25) is 0 Å². The lowest BCUT2D eigenvalue weighted by Crippen LogP contribution is -2.38. The predicted octanol–water partition coefficient (Wildman–Crippen LogP) is 2.72. The monoisotopic (exact) mass is 348 g/mol. The molecule has 0 aliphatic carbocycles. The molecule has 0 aliphatic rings. The number of ether oxygens (including phenoxy) is 1. The van der Waals surface area contributed by atoms with Gasteiger partial charge in [-0.05, 0) is 30.2 Å². The zero-order valence-electron chi connectivity index (χ0n) is 13.8. The molecule has 0 fully saturated rings. The van der Waals surface area contributed by atoms with E-state index in [1.165, 1.54) is 7.11 Å². The number of aryl methyl sites for hydroxylation is 1. The van der Waals surface area contributed by atoms with E-state index in [4.69, 9.17) is 4.74 Å². The lowest BCUT2D eigenvalue weighted by molar-refractivity contribution is -0.136. The van der Waals surface area contributed by atoms with Crippen molar-refractivity contribution in [3.63, 3.8) is 0 Å². The minimum absolute atomic E-state index is 0.0690. The molecule has 132 valence electrons. The van der Waals surface area contributed by atoms with Crippen molar-refractivity contribution in [2.75, 3.05) is 19.0 Å². The fraction of sp³-hybridized carbons (Fsp3) is 0.222. The molecule has 7 heteroatoms. The molecular weight excluding hydrogens is 330 g/mol. The molecule has 5 nitrogen and oxygen atoms in total. The zero-order chi connectivity index (χ0) is 18.4. The second-order valence-electron chi connectivity index (χ2n) is 5.37. The number of carbonyl (C=O) groups excluding carboxylic acids is 2. The number of nitrogens with one attached hydrogen (secondary N) is 2. The molecule has 0 saturated carbocycles. The maximum absolute atomic E-state index is 13.5. The lowest BCUT2D eigenvalue weighted by Gasteiger charge is -2.18. The summed E-state index contributed by atoms with van der Waals surface area (Å²) in [6.45, 7) is 1.98. The SMILES string of the molecule is COC(CNC(=O)C(=O)Nc1ccc(F)cc1F)c1ccccc1C. The van der Waals surface area contributed by atoms with E-state index < -0.39 is 29.6 Å². The van der Waals surface area contributed by atoms with Crippen LogP contribution in [0.4, 0.5) is 14.5 Å². The number of rotatable bonds is 5. The summed E-state index contributed by atoms with van der Waals surface area (Å²) >= 11 is 0. The summed E-state index contributed by atoms with van der Waals surface area (Å²) in [7, 11) is 1.50. The van der Waals surface area contributed by atoms with E-state index in [9.17, 15) is 18.4 Å². The fourth-order valence-electron chi connectivity index (χ4n) is 2.30. The summed E-state index contributed by atoms with van der Waals surface area (Å²) in [4.78, 5) is 23.7. The molecule has 2 amide bonds. The Hall–Kier alpha value is -2.80. The summed E-state index contributed by atoms with van der Waals surface area (Å²) in [5, 5.41) is 4.53. The highest BCUT2D eigenvalue weighted by atomic mass is 19.1. The van der Waals surface area contributed by atoms with Gasteiger partial charge in [0, 0.05) is 19.7 Å². The van der Waals surface area contributed by atoms with Crippen LogP contribution >= 0.6 is 0 Å². The summed E-state index contributed by atoms with van der Waals surface area (Å²) in [6.07, 6.45) is -0.430. The highest BCUT2D eigenvalue weighted by Gasteiger charge is 2.19. The minimum atomic E-state index is -1.05.